The molecule has 1 heterocycles. The van der Waals surface area contributed by atoms with E-state index >= 15 is 0 Å². The average molecular weight is 225 g/mol. The Morgan fingerprint density at radius 3 is 3.00 bits per heavy atom. The van der Waals surface area contributed by atoms with Crippen LogP contribution in [0.25, 0.3) is 0 Å². The SMILES string of the molecule is NC1=CC(=O)NN=I1. The van der Waals surface area contributed by atoms with Crippen molar-refractivity contribution in [2.45, 2.75) is 0 Å². The molecule has 0 saturated carbocycles. The summed E-state index contributed by atoms with van der Waals surface area (Å²) >= 11 is -0.443. The Morgan fingerprint density at radius 1 is 1.88 bits per heavy atom. The molecule has 5 heteroatoms. The molecule has 0 aromatic heterocycles. The van der Waals surface area contributed by atoms with Gasteiger partial charge in [0.1, 0.15) is 0 Å². The molecule has 0 bridgehead atoms. The van der Waals surface area contributed by atoms with Gasteiger partial charge in [0.15, 0.2) is 0 Å². The van der Waals surface area contributed by atoms with Crippen molar-refractivity contribution in [3.05, 3.63) is 9.78 Å². The molecule has 1 amide bonds. The van der Waals surface area contributed by atoms with E-state index in [1.807, 2.05) is 0 Å². The molecule has 0 unspecified atom stereocenters. The molecular formula is C3H4IN3O. The van der Waals surface area contributed by atoms with E-state index < -0.39 is 21.0 Å². The maximum absolute atomic E-state index is 10.3. The summed E-state index contributed by atoms with van der Waals surface area (Å²) in [6.45, 7) is 0. The number of amides is 1. The first kappa shape index (κ1) is 5.67. The smallest absolute Gasteiger partial charge is 0.267 e. The topological polar surface area (TPSA) is 67.5 Å². The van der Waals surface area contributed by atoms with Gasteiger partial charge < -0.3 is 5.73 Å². The van der Waals surface area contributed by atoms with E-state index in [9.17, 15) is 4.79 Å². The zero-order chi connectivity index (χ0) is 5.98. The second-order valence-corrected chi connectivity index (χ2v) is 3.38. The third kappa shape index (κ3) is 1.25. The number of halogens is 1. The Hall–Kier alpha value is -0.460. The lowest BCUT2D eigenvalue weighted by Gasteiger charge is -1.97. The zero-order valence-corrected chi connectivity index (χ0v) is 6.05. The quantitative estimate of drug-likeness (QED) is 0.449. The van der Waals surface area contributed by atoms with Crippen LogP contribution in [-0.2, 0) is 4.79 Å². The maximum Gasteiger partial charge on any atom is 0.267 e. The number of hydrogen-bond donors (Lipinski definition) is 2. The van der Waals surface area contributed by atoms with Crippen LogP contribution in [0, 0.1) is 0 Å². The van der Waals surface area contributed by atoms with Gasteiger partial charge in [0.2, 0.25) is 0 Å². The Bertz CT molecular complexity index is 173. The van der Waals surface area contributed by atoms with Gasteiger partial charge in [0, 0.05) is 6.08 Å². The molecule has 3 N–H and O–H groups in total. The molecule has 0 aromatic carbocycles. The Morgan fingerprint density at radius 2 is 2.62 bits per heavy atom. The highest BCUT2D eigenvalue weighted by molar-refractivity contribution is 14.2. The fourth-order valence-electron chi connectivity index (χ4n) is 0.293. The lowest BCUT2D eigenvalue weighted by atomic mass is 10.6. The van der Waals surface area contributed by atoms with Gasteiger partial charge in [-0.1, -0.05) is 0 Å². The standard InChI is InChI=1S/C3H4IN3O/c5-2-1-3(8)6-7-4-2/h1H,5H2,(H,6,8). The molecular weight excluding hydrogens is 221 g/mol. The van der Waals surface area contributed by atoms with Crippen molar-refractivity contribution < 1.29 is 4.79 Å². The van der Waals surface area contributed by atoms with Crippen LogP contribution in [0.2, 0.25) is 0 Å². The lowest BCUT2D eigenvalue weighted by Crippen LogP contribution is -2.16. The average Bonchev–Trinajstić information content (AvgIpc) is 1.64. The third-order valence-electron chi connectivity index (χ3n) is 0.561. The van der Waals surface area contributed by atoms with E-state index in [1.165, 1.54) is 6.08 Å². The molecule has 0 fully saturated rings. The third-order valence-corrected chi connectivity index (χ3v) is 1.91. The molecule has 1 aliphatic rings. The summed E-state index contributed by atoms with van der Waals surface area (Å²) in [5, 5.41) is 0. The van der Waals surface area contributed by atoms with Crippen molar-refractivity contribution >= 4 is 26.9 Å². The minimum absolute atomic E-state index is 0.214. The van der Waals surface area contributed by atoms with E-state index in [1.54, 1.807) is 0 Å². The van der Waals surface area contributed by atoms with Crippen molar-refractivity contribution in [1.29, 1.82) is 0 Å². The Kier molecular flexibility index (Phi) is 1.56. The summed E-state index contributed by atoms with van der Waals surface area (Å²) < 4.78 is 4.27. The minimum Gasteiger partial charge on any atom is -0.393 e. The molecule has 0 aliphatic carbocycles. The first-order valence-corrected chi connectivity index (χ1v) is 3.95. The first-order valence-electron chi connectivity index (χ1n) is 1.90. The fourth-order valence-corrected chi connectivity index (χ4v) is 1.35. The van der Waals surface area contributed by atoms with Crippen LogP contribution in [-0.4, -0.2) is 5.91 Å². The summed E-state index contributed by atoms with van der Waals surface area (Å²) in [5.41, 5.74) is 7.57. The van der Waals surface area contributed by atoms with E-state index in [0.29, 0.717) is 3.70 Å². The van der Waals surface area contributed by atoms with Crippen LogP contribution in [0.1, 0.15) is 0 Å². The molecule has 0 radical (unpaired) electrons. The molecule has 0 atom stereocenters. The molecule has 1 aliphatic heterocycles. The van der Waals surface area contributed by atoms with Crippen molar-refractivity contribution in [3.8, 4) is 0 Å². The van der Waals surface area contributed by atoms with Gasteiger partial charge in [0.25, 0.3) is 5.91 Å². The highest BCUT2D eigenvalue weighted by Gasteiger charge is 1.99. The van der Waals surface area contributed by atoms with Gasteiger partial charge >= 0.3 is 0 Å². The summed E-state index contributed by atoms with van der Waals surface area (Å²) in [7, 11) is 0. The molecule has 44 valence electrons. The van der Waals surface area contributed by atoms with Gasteiger partial charge in [-0.05, 0) is 0 Å². The Labute approximate surface area is 56.3 Å². The molecule has 1 rings (SSSR count). The second kappa shape index (κ2) is 2.21. The maximum atomic E-state index is 10.3. The molecule has 0 spiro atoms. The van der Waals surface area contributed by atoms with E-state index in [2.05, 4.69) is 8.68 Å². The number of carbonyl (C=O) groups is 1. The number of carbonyl (C=O) groups excluding carboxylic acids is 1. The first-order chi connectivity index (χ1) is 3.79. The predicted octanol–water partition coefficient (Wildman–Crippen LogP) is -0.0144. The van der Waals surface area contributed by atoms with Gasteiger partial charge in [-0.15, -0.1) is 3.25 Å². The van der Waals surface area contributed by atoms with Crippen LogP contribution in [0.4, 0.5) is 0 Å². The van der Waals surface area contributed by atoms with Gasteiger partial charge in [-0.25, -0.2) is 5.43 Å². The Balaban J connectivity index is 2.77. The summed E-state index contributed by atoms with van der Waals surface area (Å²) in [6, 6.07) is 0. The van der Waals surface area contributed by atoms with Crippen LogP contribution in [0.5, 0.6) is 0 Å². The van der Waals surface area contributed by atoms with E-state index in [0.717, 1.165) is 0 Å². The van der Waals surface area contributed by atoms with Gasteiger partial charge in [-0.2, -0.15) is 0 Å². The molecule has 4 nitrogen and oxygen atoms in total. The summed E-state index contributed by atoms with van der Waals surface area (Å²) in [5.74, 6) is -0.214. The second-order valence-electron chi connectivity index (χ2n) is 1.17. The number of nitrogens with two attached hydrogens (primary N) is 1. The van der Waals surface area contributed by atoms with Crippen LogP contribution >= 0.6 is 21.0 Å². The molecule has 8 heavy (non-hydrogen) atoms. The fraction of sp³-hybridized carbons (Fsp3) is 0. The van der Waals surface area contributed by atoms with Crippen LogP contribution in [0.3, 0.4) is 0 Å². The van der Waals surface area contributed by atoms with Crippen LogP contribution in [0.15, 0.2) is 13.0 Å². The van der Waals surface area contributed by atoms with E-state index in [-0.39, 0.29) is 5.91 Å². The summed E-state index contributed by atoms with van der Waals surface area (Å²) in [6.07, 6.45) is 1.38. The summed E-state index contributed by atoms with van der Waals surface area (Å²) in [4.78, 5) is 10.3. The number of rotatable bonds is 0. The largest absolute Gasteiger partial charge is 0.393 e. The van der Waals surface area contributed by atoms with Crippen molar-refractivity contribution in [1.82, 2.24) is 5.43 Å². The zero-order valence-electron chi connectivity index (χ0n) is 3.89. The molecule has 0 aromatic rings. The monoisotopic (exact) mass is 225 g/mol. The highest BCUT2D eigenvalue weighted by Crippen LogP contribution is 2.10. The van der Waals surface area contributed by atoms with Crippen molar-refractivity contribution in [2.24, 2.45) is 8.99 Å². The highest BCUT2D eigenvalue weighted by atomic mass is 127. The van der Waals surface area contributed by atoms with Crippen LogP contribution < -0.4 is 11.2 Å². The van der Waals surface area contributed by atoms with E-state index in [4.69, 9.17) is 5.73 Å². The lowest BCUT2D eigenvalue weighted by molar-refractivity contribution is -0.116. The number of nitrogens with one attached hydrogen (secondary N) is 1. The van der Waals surface area contributed by atoms with Gasteiger partial charge in [0.05, 0.1) is 24.7 Å². The minimum atomic E-state index is -0.443. The van der Waals surface area contributed by atoms with Crippen molar-refractivity contribution in [2.75, 3.05) is 0 Å². The van der Waals surface area contributed by atoms with Gasteiger partial charge in [-0.3, -0.25) is 4.79 Å². The number of nitrogens with zero attached hydrogens (tertiary/aromatic N) is 1. The number of hydrogen-bond acceptors (Lipinski definition) is 3. The van der Waals surface area contributed by atoms with Crippen molar-refractivity contribution in [3.63, 3.8) is 0 Å². The normalized spacial score (nSPS) is 18.5. The predicted molar refractivity (Wildman–Crippen MR) is 36.9 cm³/mol. The molecule has 0 saturated heterocycles.